The molecule has 172 valence electrons. The zero-order valence-electron chi connectivity index (χ0n) is 17.6. The van der Waals surface area contributed by atoms with E-state index in [9.17, 15) is 14.0 Å². The van der Waals surface area contributed by atoms with Crippen molar-refractivity contribution in [2.45, 2.75) is 25.4 Å². The van der Waals surface area contributed by atoms with Gasteiger partial charge in [0.15, 0.2) is 0 Å². The third-order valence-electron chi connectivity index (χ3n) is 5.64. The second kappa shape index (κ2) is 9.11. The number of carbonyl (C=O) groups excluding carboxylic acids is 2. The minimum absolute atomic E-state index is 0.00890. The van der Waals surface area contributed by atoms with Gasteiger partial charge in [0.25, 0.3) is 17.6 Å². The average Bonchev–Trinajstić information content (AvgIpc) is 3.45. The largest absolute Gasteiger partial charge is 0.347 e. The molecule has 0 radical (unpaired) electrons. The van der Waals surface area contributed by atoms with E-state index in [1.165, 1.54) is 40.7 Å². The Kier molecular flexibility index (Phi) is 6.01. The minimum Gasteiger partial charge on any atom is -0.347 e. The fourth-order valence-corrected chi connectivity index (χ4v) is 4.59. The van der Waals surface area contributed by atoms with Crippen molar-refractivity contribution >= 4 is 45.1 Å². The summed E-state index contributed by atoms with van der Waals surface area (Å²) >= 11 is 9.28. The lowest BCUT2D eigenvalue weighted by molar-refractivity contribution is 0.0929. The molecule has 0 aliphatic heterocycles. The van der Waals surface area contributed by atoms with Gasteiger partial charge in [0.2, 0.25) is 0 Å². The number of amides is 2. The van der Waals surface area contributed by atoms with E-state index in [4.69, 9.17) is 11.6 Å². The van der Waals surface area contributed by atoms with Crippen LogP contribution in [-0.4, -0.2) is 31.4 Å². The standard InChI is InChI=1S/C23H17BrClFN6O2/c24-14-3-4-15-13(8-14)2-6-18(15)30-22(34)20-9-19(31-23-28-11-29-32(20)23)21(33)27-10-12-1-5-17(26)16(25)7-12/h1,3-5,7-9,11,18H,2,6,10H2,(H,27,33)(H,30,34)/t18-/m0/s1. The van der Waals surface area contributed by atoms with E-state index < -0.39 is 17.6 Å². The van der Waals surface area contributed by atoms with Crippen molar-refractivity contribution in [1.29, 1.82) is 0 Å². The van der Waals surface area contributed by atoms with Gasteiger partial charge in [-0.05, 0) is 53.8 Å². The normalized spacial score (nSPS) is 14.7. The van der Waals surface area contributed by atoms with Crippen molar-refractivity contribution in [3.8, 4) is 0 Å². The molecule has 1 atom stereocenters. The fourth-order valence-electron chi connectivity index (χ4n) is 3.98. The molecule has 0 unspecified atom stereocenters. The van der Waals surface area contributed by atoms with Crippen molar-refractivity contribution in [3.63, 3.8) is 0 Å². The molecule has 4 aromatic rings. The molecule has 1 aliphatic rings. The van der Waals surface area contributed by atoms with Gasteiger partial charge in [0, 0.05) is 17.1 Å². The molecule has 0 spiro atoms. The highest BCUT2D eigenvalue weighted by Crippen LogP contribution is 2.33. The molecule has 34 heavy (non-hydrogen) atoms. The van der Waals surface area contributed by atoms with Crippen LogP contribution in [0.1, 0.15) is 50.1 Å². The summed E-state index contributed by atoms with van der Waals surface area (Å²) in [7, 11) is 0. The van der Waals surface area contributed by atoms with Gasteiger partial charge >= 0.3 is 0 Å². The summed E-state index contributed by atoms with van der Waals surface area (Å²) in [5.41, 5.74) is 3.02. The number of fused-ring (bicyclic) bond motifs is 2. The van der Waals surface area contributed by atoms with E-state index in [0.717, 1.165) is 22.9 Å². The summed E-state index contributed by atoms with van der Waals surface area (Å²) in [6.45, 7) is 0.105. The predicted octanol–water partition coefficient (Wildman–Crippen LogP) is 4.03. The van der Waals surface area contributed by atoms with Crippen LogP contribution in [0.4, 0.5) is 4.39 Å². The fraction of sp³-hybridized carbons (Fsp3) is 0.174. The van der Waals surface area contributed by atoms with Crippen LogP contribution in [0.2, 0.25) is 5.02 Å². The number of hydrogen-bond acceptors (Lipinski definition) is 5. The van der Waals surface area contributed by atoms with Gasteiger partial charge in [-0.2, -0.15) is 14.6 Å². The van der Waals surface area contributed by atoms with E-state index >= 15 is 0 Å². The number of nitrogens with zero attached hydrogens (tertiary/aromatic N) is 4. The van der Waals surface area contributed by atoms with Crippen LogP contribution in [0.15, 0.2) is 53.3 Å². The molecule has 0 saturated carbocycles. The molecular formula is C23H17BrClFN6O2. The van der Waals surface area contributed by atoms with Crippen molar-refractivity contribution < 1.29 is 14.0 Å². The van der Waals surface area contributed by atoms with Gasteiger partial charge in [-0.3, -0.25) is 9.59 Å². The van der Waals surface area contributed by atoms with Gasteiger partial charge in [-0.15, -0.1) is 0 Å². The van der Waals surface area contributed by atoms with Crippen LogP contribution >= 0.6 is 27.5 Å². The number of nitrogens with one attached hydrogen (secondary N) is 2. The van der Waals surface area contributed by atoms with E-state index in [1.807, 2.05) is 12.1 Å². The number of rotatable bonds is 5. The maximum absolute atomic E-state index is 13.4. The molecular weight excluding hydrogens is 527 g/mol. The molecule has 2 amide bonds. The second-order valence-electron chi connectivity index (χ2n) is 7.84. The highest BCUT2D eigenvalue weighted by Gasteiger charge is 2.26. The lowest BCUT2D eigenvalue weighted by Gasteiger charge is -2.15. The minimum atomic E-state index is -0.538. The summed E-state index contributed by atoms with van der Waals surface area (Å²) in [4.78, 5) is 34.2. The van der Waals surface area contributed by atoms with Gasteiger partial charge < -0.3 is 10.6 Å². The molecule has 0 bridgehead atoms. The van der Waals surface area contributed by atoms with Crippen molar-refractivity contribution in [2.75, 3.05) is 0 Å². The van der Waals surface area contributed by atoms with Crippen molar-refractivity contribution in [2.24, 2.45) is 0 Å². The summed E-state index contributed by atoms with van der Waals surface area (Å²) in [5, 5.41) is 9.78. The van der Waals surface area contributed by atoms with E-state index in [2.05, 4.69) is 47.7 Å². The Morgan fingerprint density at radius 2 is 2.03 bits per heavy atom. The van der Waals surface area contributed by atoms with E-state index in [0.29, 0.717) is 5.56 Å². The summed E-state index contributed by atoms with van der Waals surface area (Å²) in [6, 6.07) is 11.4. The Balaban J connectivity index is 1.37. The summed E-state index contributed by atoms with van der Waals surface area (Å²) < 4.78 is 15.7. The first kappa shape index (κ1) is 22.4. The zero-order chi connectivity index (χ0) is 23.8. The molecule has 2 N–H and O–H groups in total. The highest BCUT2D eigenvalue weighted by molar-refractivity contribution is 9.10. The SMILES string of the molecule is O=C(NCc1ccc(F)c(Cl)c1)c1cc(C(=O)N[C@H]2CCc3cc(Br)ccc32)n2ncnc2n1. The van der Waals surface area contributed by atoms with Crippen molar-refractivity contribution in [1.82, 2.24) is 30.2 Å². The number of benzene rings is 2. The van der Waals surface area contributed by atoms with Gasteiger partial charge in [0.1, 0.15) is 23.5 Å². The molecule has 0 saturated heterocycles. The second-order valence-corrected chi connectivity index (χ2v) is 9.16. The summed E-state index contributed by atoms with van der Waals surface area (Å²) in [6.07, 6.45) is 2.90. The molecule has 8 nitrogen and oxygen atoms in total. The van der Waals surface area contributed by atoms with Crippen LogP contribution in [0.3, 0.4) is 0 Å². The van der Waals surface area contributed by atoms with Crippen LogP contribution in [0.25, 0.3) is 5.78 Å². The Labute approximate surface area is 206 Å². The van der Waals surface area contributed by atoms with Crippen LogP contribution in [-0.2, 0) is 13.0 Å². The first-order valence-electron chi connectivity index (χ1n) is 10.4. The Hall–Kier alpha value is -3.37. The zero-order valence-corrected chi connectivity index (χ0v) is 19.9. The number of halogens is 3. The molecule has 2 aromatic carbocycles. The molecule has 2 aromatic heterocycles. The van der Waals surface area contributed by atoms with Gasteiger partial charge in [-0.1, -0.05) is 39.7 Å². The molecule has 5 rings (SSSR count). The number of hydrogen-bond donors (Lipinski definition) is 2. The monoisotopic (exact) mass is 542 g/mol. The molecule has 0 fully saturated rings. The van der Waals surface area contributed by atoms with E-state index in [-0.39, 0.29) is 34.8 Å². The Morgan fingerprint density at radius 1 is 1.18 bits per heavy atom. The van der Waals surface area contributed by atoms with E-state index in [1.54, 1.807) is 0 Å². The molecule has 2 heterocycles. The topological polar surface area (TPSA) is 101 Å². The maximum Gasteiger partial charge on any atom is 0.270 e. The van der Waals surface area contributed by atoms with Crippen molar-refractivity contribution in [3.05, 3.63) is 92.2 Å². The van der Waals surface area contributed by atoms with Gasteiger partial charge in [-0.25, -0.2) is 9.37 Å². The average molecular weight is 544 g/mol. The van der Waals surface area contributed by atoms with Crippen LogP contribution < -0.4 is 10.6 Å². The van der Waals surface area contributed by atoms with Gasteiger partial charge in [0.05, 0.1) is 11.1 Å². The number of carbonyl (C=O) groups is 2. The first-order valence-corrected chi connectivity index (χ1v) is 11.6. The third-order valence-corrected chi connectivity index (χ3v) is 6.43. The lowest BCUT2D eigenvalue weighted by Crippen LogP contribution is -2.30. The quantitative estimate of drug-likeness (QED) is 0.396. The van der Waals surface area contributed by atoms with Crippen LogP contribution in [0.5, 0.6) is 0 Å². The Bertz CT molecular complexity index is 1440. The predicted molar refractivity (Wildman–Crippen MR) is 126 cm³/mol. The molecule has 1 aliphatic carbocycles. The van der Waals surface area contributed by atoms with Crippen LogP contribution in [0, 0.1) is 5.82 Å². The smallest absolute Gasteiger partial charge is 0.270 e. The Morgan fingerprint density at radius 3 is 2.85 bits per heavy atom. The molecule has 11 heteroatoms. The summed E-state index contributed by atoms with van der Waals surface area (Å²) in [5.74, 6) is -1.32. The lowest BCUT2D eigenvalue weighted by atomic mass is 10.1. The number of aromatic nitrogens is 4. The maximum atomic E-state index is 13.4. The highest BCUT2D eigenvalue weighted by atomic mass is 79.9. The first-order chi connectivity index (χ1) is 16.4. The number of aryl methyl sites for hydroxylation is 1. The third kappa shape index (κ3) is 4.38.